The summed E-state index contributed by atoms with van der Waals surface area (Å²) in [5.41, 5.74) is 5.25. The van der Waals surface area contributed by atoms with Crippen LogP contribution in [0.2, 0.25) is 0 Å². The third-order valence-electron chi connectivity index (χ3n) is 3.99. The van der Waals surface area contributed by atoms with Crippen LogP contribution >= 0.6 is 0 Å². The molecule has 0 bridgehead atoms. The zero-order valence-corrected chi connectivity index (χ0v) is 13.1. The molecule has 0 saturated carbocycles. The molecule has 0 saturated heterocycles. The van der Waals surface area contributed by atoms with Gasteiger partial charge in [-0.15, -0.1) is 0 Å². The number of hydrogen-bond donors (Lipinski definition) is 1. The standard InChI is InChI=1S/C16H15F2N5O/c1-16(7-23(2)15(24)14(19)22-16)11-3-10(12(17)4-13(11)18)9-5-20-8-21-6-9/h3-6,8H,7H2,1-2H3,(H2,19,22)/t16-/m1/s1. The van der Waals surface area contributed by atoms with Gasteiger partial charge in [-0.25, -0.2) is 18.7 Å². The maximum atomic E-state index is 14.4. The Hall–Kier alpha value is -2.90. The number of likely N-dealkylation sites (N-methyl/N-ethyl adjacent to an activating group) is 1. The minimum absolute atomic E-state index is 0.125. The van der Waals surface area contributed by atoms with E-state index in [9.17, 15) is 13.6 Å². The predicted molar refractivity (Wildman–Crippen MR) is 84.0 cm³/mol. The van der Waals surface area contributed by atoms with Crippen molar-refractivity contribution in [2.24, 2.45) is 10.7 Å². The topological polar surface area (TPSA) is 84.5 Å². The first-order chi connectivity index (χ1) is 11.3. The van der Waals surface area contributed by atoms with Crippen molar-refractivity contribution in [3.63, 3.8) is 0 Å². The summed E-state index contributed by atoms with van der Waals surface area (Å²) in [4.78, 5) is 25.0. The number of carbonyl (C=O) groups is 1. The zero-order chi connectivity index (χ0) is 17.5. The van der Waals surface area contributed by atoms with Gasteiger partial charge < -0.3 is 10.6 Å². The van der Waals surface area contributed by atoms with Crippen LogP contribution in [-0.4, -0.2) is 40.2 Å². The number of hydrogen-bond acceptors (Lipinski definition) is 5. The number of aliphatic imine (C=N–C) groups is 1. The first-order valence-corrected chi connectivity index (χ1v) is 7.17. The summed E-state index contributed by atoms with van der Waals surface area (Å²) in [7, 11) is 1.55. The molecule has 1 atom stereocenters. The molecule has 3 rings (SSSR count). The van der Waals surface area contributed by atoms with Gasteiger partial charge in [-0.1, -0.05) is 0 Å². The van der Waals surface area contributed by atoms with Gasteiger partial charge in [0.2, 0.25) is 0 Å². The lowest BCUT2D eigenvalue weighted by molar-refractivity contribution is -0.124. The third kappa shape index (κ3) is 2.60. The lowest BCUT2D eigenvalue weighted by atomic mass is 9.88. The van der Waals surface area contributed by atoms with Gasteiger partial charge in [0.15, 0.2) is 5.84 Å². The minimum atomic E-state index is -1.12. The summed E-state index contributed by atoms with van der Waals surface area (Å²) >= 11 is 0. The van der Waals surface area contributed by atoms with Crippen LogP contribution in [-0.2, 0) is 10.3 Å². The molecule has 24 heavy (non-hydrogen) atoms. The van der Waals surface area contributed by atoms with Gasteiger partial charge in [-0.3, -0.25) is 9.79 Å². The van der Waals surface area contributed by atoms with Crippen LogP contribution in [0, 0.1) is 11.6 Å². The minimum Gasteiger partial charge on any atom is -0.379 e. The number of halogens is 2. The Morgan fingerprint density at radius 1 is 1.21 bits per heavy atom. The number of amidine groups is 1. The zero-order valence-electron chi connectivity index (χ0n) is 13.1. The third-order valence-corrected chi connectivity index (χ3v) is 3.99. The summed E-state index contributed by atoms with van der Waals surface area (Å²) in [6, 6.07) is 2.16. The molecule has 0 unspecified atom stereocenters. The normalized spacial score (nSPS) is 20.9. The van der Waals surface area contributed by atoms with Gasteiger partial charge >= 0.3 is 0 Å². The molecular weight excluding hydrogens is 316 g/mol. The Bertz CT molecular complexity index is 840. The molecule has 8 heteroatoms. The molecular formula is C16H15F2N5O. The van der Waals surface area contributed by atoms with Gasteiger partial charge in [0, 0.05) is 42.2 Å². The molecule has 2 heterocycles. The van der Waals surface area contributed by atoms with E-state index in [1.54, 1.807) is 14.0 Å². The Balaban J connectivity index is 2.17. The summed E-state index contributed by atoms with van der Waals surface area (Å²) in [6.45, 7) is 1.77. The van der Waals surface area contributed by atoms with Crippen molar-refractivity contribution in [3.05, 3.63) is 48.1 Å². The number of aromatic nitrogens is 2. The Morgan fingerprint density at radius 2 is 1.88 bits per heavy atom. The summed E-state index contributed by atoms with van der Waals surface area (Å²) in [5.74, 6) is -2.12. The highest BCUT2D eigenvalue weighted by Crippen LogP contribution is 2.35. The second kappa shape index (κ2) is 5.63. The lowest BCUT2D eigenvalue weighted by Crippen LogP contribution is -2.50. The van der Waals surface area contributed by atoms with Crippen LogP contribution < -0.4 is 5.73 Å². The SMILES string of the molecule is CN1C[C@](C)(c2cc(-c3cncnc3)c(F)cc2F)N=C(N)C1=O. The molecule has 0 radical (unpaired) electrons. The second-order valence-electron chi connectivity index (χ2n) is 5.87. The first kappa shape index (κ1) is 16.0. The van der Waals surface area contributed by atoms with Crippen LogP contribution in [0.1, 0.15) is 12.5 Å². The van der Waals surface area contributed by atoms with Crippen LogP contribution in [0.5, 0.6) is 0 Å². The largest absolute Gasteiger partial charge is 0.379 e. The molecule has 2 aromatic rings. The van der Waals surface area contributed by atoms with Crippen LogP contribution in [0.15, 0.2) is 35.8 Å². The fourth-order valence-corrected chi connectivity index (χ4v) is 2.84. The van der Waals surface area contributed by atoms with E-state index in [1.807, 2.05) is 0 Å². The number of nitrogens with zero attached hydrogens (tertiary/aromatic N) is 4. The molecule has 1 aliphatic rings. The molecule has 6 nitrogen and oxygen atoms in total. The van der Waals surface area contributed by atoms with Crippen molar-refractivity contribution in [3.8, 4) is 11.1 Å². The smallest absolute Gasteiger partial charge is 0.288 e. The number of rotatable bonds is 2. The number of carbonyl (C=O) groups excluding carboxylic acids is 1. The maximum absolute atomic E-state index is 14.4. The molecule has 0 fully saturated rings. The van der Waals surface area contributed by atoms with Gasteiger partial charge in [0.1, 0.15) is 23.5 Å². The number of nitrogens with two attached hydrogens (primary N) is 1. The number of amides is 1. The van der Waals surface area contributed by atoms with Crippen molar-refractivity contribution < 1.29 is 13.6 Å². The highest BCUT2D eigenvalue weighted by Gasteiger charge is 2.38. The van der Waals surface area contributed by atoms with Crippen molar-refractivity contribution in [2.45, 2.75) is 12.5 Å². The predicted octanol–water partition coefficient (Wildman–Crippen LogP) is 1.47. The van der Waals surface area contributed by atoms with Crippen molar-refractivity contribution in [1.82, 2.24) is 14.9 Å². The average molecular weight is 331 g/mol. The fraction of sp³-hybridized carbons (Fsp3) is 0.250. The van der Waals surface area contributed by atoms with E-state index in [0.29, 0.717) is 5.56 Å². The molecule has 1 amide bonds. The van der Waals surface area contributed by atoms with Crippen LogP contribution in [0.25, 0.3) is 11.1 Å². The Labute approximate surface area is 137 Å². The first-order valence-electron chi connectivity index (χ1n) is 7.17. The van der Waals surface area contributed by atoms with Gasteiger partial charge in [-0.2, -0.15) is 0 Å². The van der Waals surface area contributed by atoms with E-state index < -0.39 is 23.1 Å². The second-order valence-corrected chi connectivity index (χ2v) is 5.87. The average Bonchev–Trinajstić information content (AvgIpc) is 2.53. The fourth-order valence-electron chi connectivity index (χ4n) is 2.84. The van der Waals surface area contributed by atoms with E-state index in [4.69, 9.17) is 5.73 Å². The van der Waals surface area contributed by atoms with E-state index >= 15 is 0 Å². The molecule has 124 valence electrons. The quantitative estimate of drug-likeness (QED) is 0.903. The van der Waals surface area contributed by atoms with Crippen molar-refractivity contribution in [2.75, 3.05) is 13.6 Å². The number of benzene rings is 1. The molecule has 2 N–H and O–H groups in total. The van der Waals surface area contributed by atoms with E-state index in [0.717, 1.165) is 6.07 Å². The monoisotopic (exact) mass is 331 g/mol. The van der Waals surface area contributed by atoms with Gasteiger partial charge in [0.25, 0.3) is 5.91 Å². The molecule has 0 spiro atoms. The highest BCUT2D eigenvalue weighted by molar-refractivity contribution is 6.37. The van der Waals surface area contributed by atoms with Crippen LogP contribution in [0.4, 0.5) is 8.78 Å². The molecule has 1 aromatic carbocycles. The summed E-state index contributed by atoms with van der Waals surface area (Å²) in [5, 5.41) is 0. The molecule has 1 aliphatic heterocycles. The summed E-state index contributed by atoms with van der Waals surface area (Å²) < 4.78 is 28.6. The van der Waals surface area contributed by atoms with E-state index in [1.165, 1.54) is 29.7 Å². The molecule has 1 aromatic heterocycles. The van der Waals surface area contributed by atoms with Gasteiger partial charge in [0.05, 0.1) is 6.54 Å². The highest BCUT2D eigenvalue weighted by atomic mass is 19.1. The van der Waals surface area contributed by atoms with Gasteiger partial charge in [-0.05, 0) is 13.0 Å². The maximum Gasteiger partial charge on any atom is 0.288 e. The summed E-state index contributed by atoms with van der Waals surface area (Å²) in [6.07, 6.45) is 4.19. The Kier molecular flexibility index (Phi) is 3.75. The molecule has 0 aliphatic carbocycles. The van der Waals surface area contributed by atoms with Crippen molar-refractivity contribution in [1.29, 1.82) is 0 Å². The van der Waals surface area contributed by atoms with Crippen molar-refractivity contribution >= 4 is 11.7 Å². The van der Waals surface area contributed by atoms with E-state index in [2.05, 4.69) is 15.0 Å². The van der Waals surface area contributed by atoms with E-state index in [-0.39, 0.29) is 23.5 Å². The Morgan fingerprint density at radius 3 is 2.50 bits per heavy atom. The lowest BCUT2D eigenvalue weighted by Gasteiger charge is -2.35. The van der Waals surface area contributed by atoms with Crippen LogP contribution in [0.3, 0.4) is 0 Å².